The molecule has 1 unspecified atom stereocenters. The molecule has 0 spiro atoms. The van der Waals surface area contributed by atoms with E-state index in [0.717, 1.165) is 27.6 Å². The Labute approximate surface area is 123 Å². The molecule has 0 aliphatic rings. The number of rotatable bonds is 4. The van der Waals surface area contributed by atoms with Crippen LogP contribution in [0.5, 0.6) is 0 Å². The Morgan fingerprint density at radius 1 is 1.00 bits per heavy atom. The predicted octanol–water partition coefficient (Wildman–Crippen LogP) is 3.46. The molecular formula is C18H17NO2. The summed E-state index contributed by atoms with van der Waals surface area (Å²) in [5.41, 5.74) is 3.49. The third kappa shape index (κ3) is 2.66. The van der Waals surface area contributed by atoms with Crippen molar-refractivity contribution in [1.29, 1.82) is 0 Å². The standard InChI is InChI=1S/C18H17NO2/c1-21-12-14-6-2-3-9-15(14)18(20)16-10-4-7-13-8-5-11-19-17(13)16/h2-11,18,20H,12H2,1H3. The largest absolute Gasteiger partial charge is 0.384 e. The quantitative estimate of drug-likeness (QED) is 0.795. The first-order chi connectivity index (χ1) is 10.3. The van der Waals surface area contributed by atoms with Crippen molar-refractivity contribution in [2.45, 2.75) is 12.7 Å². The maximum absolute atomic E-state index is 10.8. The van der Waals surface area contributed by atoms with Crippen molar-refractivity contribution < 1.29 is 9.84 Å². The van der Waals surface area contributed by atoms with Gasteiger partial charge in [0.1, 0.15) is 6.10 Å². The van der Waals surface area contributed by atoms with E-state index in [1.165, 1.54) is 0 Å². The molecule has 106 valence electrons. The Balaban J connectivity index is 2.11. The van der Waals surface area contributed by atoms with E-state index in [-0.39, 0.29) is 0 Å². The molecule has 0 saturated carbocycles. The third-order valence-electron chi connectivity index (χ3n) is 3.61. The molecule has 3 rings (SSSR count). The monoisotopic (exact) mass is 279 g/mol. The van der Waals surface area contributed by atoms with Gasteiger partial charge < -0.3 is 9.84 Å². The fraction of sp³-hybridized carbons (Fsp3) is 0.167. The first kappa shape index (κ1) is 13.7. The molecule has 1 heterocycles. The van der Waals surface area contributed by atoms with Gasteiger partial charge in [-0.25, -0.2) is 0 Å². The number of aliphatic hydroxyl groups is 1. The summed E-state index contributed by atoms with van der Waals surface area (Å²) in [6.45, 7) is 0.478. The molecule has 0 saturated heterocycles. The van der Waals surface area contributed by atoms with E-state index < -0.39 is 6.10 Å². The normalized spacial score (nSPS) is 12.5. The number of fused-ring (bicyclic) bond motifs is 1. The molecule has 0 aliphatic carbocycles. The zero-order valence-electron chi connectivity index (χ0n) is 11.9. The van der Waals surface area contributed by atoms with E-state index in [9.17, 15) is 5.11 Å². The first-order valence-electron chi connectivity index (χ1n) is 6.89. The fourth-order valence-corrected chi connectivity index (χ4v) is 2.60. The number of pyridine rings is 1. The van der Waals surface area contributed by atoms with Gasteiger partial charge in [-0.15, -0.1) is 0 Å². The summed E-state index contributed by atoms with van der Waals surface area (Å²) in [5, 5.41) is 11.8. The van der Waals surface area contributed by atoms with E-state index >= 15 is 0 Å². The van der Waals surface area contributed by atoms with Gasteiger partial charge in [-0.3, -0.25) is 4.98 Å². The first-order valence-corrected chi connectivity index (χ1v) is 6.89. The number of aromatic nitrogens is 1. The molecule has 0 bridgehead atoms. The topological polar surface area (TPSA) is 42.4 Å². The van der Waals surface area contributed by atoms with Crippen molar-refractivity contribution in [2.75, 3.05) is 7.11 Å². The molecule has 0 fully saturated rings. The highest BCUT2D eigenvalue weighted by molar-refractivity contribution is 5.82. The Morgan fingerprint density at radius 3 is 2.62 bits per heavy atom. The maximum Gasteiger partial charge on any atom is 0.106 e. The van der Waals surface area contributed by atoms with Gasteiger partial charge in [0.2, 0.25) is 0 Å². The van der Waals surface area contributed by atoms with Gasteiger partial charge in [-0.05, 0) is 17.2 Å². The molecule has 3 heteroatoms. The van der Waals surface area contributed by atoms with Crippen molar-refractivity contribution in [3.05, 3.63) is 77.5 Å². The summed E-state index contributed by atoms with van der Waals surface area (Å²) in [6.07, 6.45) is 1.04. The number of benzene rings is 2. The van der Waals surface area contributed by atoms with E-state index in [4.69, 9.17) is 4.74 Å². The van der Waals surface area contributed by atoms with E-state index in [0.29, 0.717) is 6.61 Å². The summed E-state index contributed by atoms with van der Waals surface area (Å²) in [6, 6.07) is 17.5. The van der Waals surface area contributed by atoms with Gasteiger partial charge in [0.05, 0.1) is 12.1 Å². The summed E-state index contributed by atoms with van der Waals surface area (Å²) in [4.78, 5) is 4.41. The maximum atomic E-state index is 10.8. The number of hydrogen-bond donors (Lipinski definition) is 1. The van der Waals surface area contributed by atoms with Gasteiger partial charge in [-0.2, -0.15) is 0 Å². The molecule has 0 aliphatic heterocycles. The molecule has 0 amide bonds. The summed E-state index contributed by atoms with van der Waals surface area (Å²) < 4.78 is 5.22. The van der Waals surface area contributed by atoms with Crippen LogP contribution in [-0.4, -0.2) is 17.2 Å². The van der Waals surface area contributed by atoms with Crippen LogP contribution in [0.1, 0.15) is 22.8 Å². The minimum atomic E-state index is -0.713. The predicted molar refractivity (Wildman–Crippen MR) is 83.0 cm³/mol. The van der Waals surface area contributed by atoms with Crippen molar-refractivity contribution in [1.82, 2.24) is 4.98 Å². The van der Waals surface area contributed by atoms with Crippen molar-refractivity contribution in [3.8, 4) is 0 Å². The van der Waals surface area contributed by atoms with Crippen LogP contribution in [0.15, 0.2) is 60.8 Å². The molecule has 3 aromatic rings. The minimum Gasteiger partial charge on any atom is -0.384 e. The van der Waals surface area contributed by atoms with E-state index in [1.807, 2.05) is 54.6 Å². The Hall–Kier alpha value is -2.23. The molecular weight excluding hydrogens is 262 g/mol. The molecule has 3 nitrogen and oxygen atoms in total. The van der Waals surface area contributed by atoms with Gasteiger partial charge in [0.25, 0.3) is 0 Å². The molecule has 0 radical (unpaired) electrons. The van der Waals surface area contributed by atoms with Gasteiger partial charge >= 0.3 is 0 Å². The minimum absolute atomic E-state index is 0.478. The van der Waals surface area contributed by atoms with Crippen LogP contribution in [0.2, 0.25) is 0 Å². The number of para-hydroxylation sites is 1. The Bertz CT molecular complexity index is 750. The average Bonchev–Trinajstić information content (AvgIpc) is 2.54. The van der Waals surface area contributed by atoms with Gasteiger partial charge in [0.15, 0.2) is 0 Å². The number of nitrogens with zero attached hydrogens (tertiary/aromatic N) is 1. The molecule has 21 heavy (non-hydrogen) atoms. The van der Waals surface area contributed by atoms with Gasteiger partial charge in [0, 0.05) is 24.3 Å². The fourth-order valence-electron chi connectivity index (χ4n) is 2.60. The van der Waals surface area contributed by atoms with Crippen LogP contribution in [0.25, 0.3) is 10.9 Å². The second-order valence-electron chi connectivity index (χ2n) is 4.96. The molecule has 1 aromatic heterocycles. The average molecular weight is 279 g/mol. The van der Waals surface area contributed by atoms with E-state index in [2.05, 4.69) is 4.98 Å². The molecule has 2 aromatic carbocycles. The van der Waals surface area contributed by atoms with Crippen molar-refractivity contribution >= 4 is 10.9 Å². The zero-order valence-corrected chi connectivity index (χ0v) is 11.9. The lowest BCUT2D eigenvalue weighted by molar-refractivity contribution is 0.176. The molecule has 1 N–H and O–H groups in total. The highest BCUT2D eigenvalue weighted by Crippen LogP contribution is 2.29. The van der Waals surface area contributed by atoms with Crippen LogP contribution in [0.4, 0.5) is 0 Å². The Morgan fingerprint density at radius 2 is 1.76 bits per heavy atom. The lowest BCUT2D eigenvalue weighted by atomic mass is 9.95. The Kier molecular flexibility index (Phi) is 3.95. The lowest BCUT2D eigenvalue weighted by Gasteiger charge is -2.17. The zero-order chi connectivity index (χ0) is 14.7. The summed E-state index contributed by atoms with van der Waals surface area (Å²) in [5.74, 6) is 0. The third-order valence-corrected chi connectivity index (χ3v) is 3.61. The second-order valence-corrected chi connectivity index (χ2v) is 4.96. The summed E-state index contributed by atoms with van der Waals surface area (Å²) in [7, 11) is 1.66. The van der Waals surface area contributed by atoms with Gasteiger partial charge in [-0.1, -0.05) is 48.5 Å². The number of aliphatic hydroxyl groups excluding tert-OH is 1. The van der Waals surface area contributed by atoms with Crippen LogP contribution in [-0.2, 0) is 11.3 Å². The van der Waals surface area contributed by atoms with Crippen molar-refractivity contribution in [2.24, 2.45) is 0 Å². The smallest absolute Gasteiger partial charge is 0.106 e. The number of ether oxygens (including phenoxy) is 1. The van der Waals surface area contributed by atoms with Crippen LogP contribution < -0.4 is 0 Å². The van der Waals surface area contributed by atoms with Crippen molar-refractivity contribution in [3.63, 3.8) is 0 Å². The number of hydrogen-bond acceptors (Lipinski definition) is 3. The van der Waals surface area contributed by atoms with Crippen LogP contribution >= 0.6 is 0 Å². The highest BCUT2D eigenvalue weighted by Gasteiger charge is 2.17. The van der Waals surface area contributed by atoms with E-state index in [1.54, 1.807) is 13.3 Å². The number of methoxy groups -OCH3 is 1. The molecule has 1 atom stereocenters. The summed E-state index contributed by atoms with van der Waals surface area (Å²) >= 11 is 0. The second kappa shape index (κ2) is 6.04. The van der Waals surface area contributed by atoms with Crippen LogP contribution in [0, 0.1) is 0 Å². The highest BCUT2D eigenvalue weighted by atomic mass is 16.5. The van der Waals surface area contributed by atoms with Crippen LogP contribution in [0.3, 0.4) is 0 Å². The SMILES string of the molecule is COCc1ccccc1C(O)c1cccc2cccnc12. The lowest BCUT2D eigenvalue weighted by Crippen LogP contribution is -2.05.